The molecule has 1 aliphatic carbocycles. The van der Waals surface area contributed by atoms with Crippen LogP contribution in [0.25, 0.3) is 10.6 Å². The summed E-state index contributed by atoms with van der Waals surface area (Å²) in [5, 5.41) is 8.17. The monoisotopic (exact) mass is 395 g/mol. The van der Waals surface area contributed by atoms with Crippen molar-refractivity contribution < 1.29 is 14.0 Å². The van der Waals surface area contributed by atoms with Crippen LogP contribution < -0.4 is 10.6 Å². The van der Waals surface area contributed by atoms with Gasteiger partial charge in [-0.3, -0.25) is 9.59 Å². The van der Waals surface area contributed by atoms with Crippen LogP contribution in [0.5, 0.6) is 0 Å². The largest absolute Gasteiger partial charge is 0.349 e. The molecule has 0 saturated heterocycles. The van der Waals surface area contributed by atoms with Gasteiger partial charge >= 0.3 is 0 Å². The van der Waals surface area contributed by atoms with Crippen molar-refractivity contribution in [1.29, 1.82) is 0 Å². The fourth-order valence-corrected chi connectivity index (χ4v) is 3.60. The van der Waals surface area contributed by atoms with Gasteiger partial charge in [-0.25, -0.2) is 9.37 Å². The molecule has 142 valence electrons. The predicted octanol–water partition coefficient (Wildman–Crippen LogP) is 4.02. The Bertz CT molecular complexity index is 1030. The van der Waals surface area contributed by atoms with E-state index in [9.17, 15) is 14.0 Å². The summed E-state index contributed by atoms with van der Waals surface area (Å²) in [7, 11) is 0. The minimum absolute atomic E-state index is 0.0738. The molecule has 2 amide bonds. The number of thiazole rings is 1. The van der Waals surface area contributed by atoms with E-state index < -0.39 is 0 Å². The zero-order valence-electron chi connectivity index (χ0n) is 14.9. The van der Waals surface area contributed by atoms with Crippen molar-refractivity contribution in [2.45, 2.75) is 25.3 Å². The van der Waals surface area contributed by atoms with Crippen molar-refractivity contribution >= 4 is 28.8 Å². The topological polar surface area (TPSA) is 71.1 Å². The Kier molecular flexibility index (Phi) is 5.16. The molecule has 0 radical (unpaired) electrons. The normalized spacial score (nSPS) is 13.2. The quantitative estimate of drug-likeness (QED) is 0.662. The molecule has 7 heteroatoms. The third kappa shape index (κ3) is 4.43. The van der Waals surface area contributed by atoms with Gasteiger partial charge in [-0.1, -0.05) is 24.3 Å². The molecule has 0 spiro atoms. The number of anilines is 1. The molecule has 0 bridgehead atoms. The second-order valence-electron chi connectivity index (χ2n) is 6.67. The zero-order chi connectivity index (χ0) is 19.5. The van der Waals surface area contributed by atoms with Crippen LogP contribution in [0.3, 0.4) is 0 Å². The number of para-hydroxylation sites is 1. The molecular weight excluding hydrogens is 377 g/mol. The van der Waals surface area contributed by atoms with Crippen LogP contribution in [-0.4, -0.2) is 22.8 Å². The van der Waals surface area contributed by atoms with Crippen LogP contribution in [0.1, 0.15) is 28.9 Å². The summed E-state index contributed by atoms with van der Waals surface area (Å²) < 4.78 is 13.4. The summed E-state index contributed by atoms with van der Waals surface area (Å²) in [6, 6.07) is 13.4. The Morgan fingerprint density at radius 2 is 1.96 bits per heavy atom. The van der Waals surface area contributed by atoms with Crippen LogP contribution >= 0.6 is 11.3 Å². The molecule has 1 heterocycles. The van der Waals surface area contributed by atoms with Crippen molar-refractivity contribution in [2.75, 3.05) is 5.32 Å². The van der Waals surface area contributed by atoms with Crippen molar-refractivity contribution in [3.63, 3.8) is 0 Å². The molecule has 2 aromatic carbocycles. The fourth-order valence-electron chi connectivity index (χ4n) is 2.78. The Morgan fingerprint density at radius 3 is 2.75 bits per heavy atom. The highest BCUT2D eigenvalue weighted by Gasteiger charge is 2.25. The minimum Gasteiger partial charge on any atom is -0.349 e. The van der Waals surface area contributed by atoms with Gasteiger partial charge in [0.25, 0.3) is 5.91 Å². The molecule has 0 unspecified atom stereocenters. The van der Waals surface area contributed by atoms with Gasteiger partial charge in [0.05, 0.1) is 23.4 Å². The maximum atomic E-state index is 13.4. The summed E-state index contributed by atoms with van der Waals surface area (Å²) in [5.74, 6) is -0.767. The standard InChI is InChI=1S/C21H18FN3O2S/c22-14-5-3-4-13(10-14)21-24-16(12-28-21)11-19(26)25-18-7-2-1-6-17(18)20(27)23-15-8-9-15/h1-7,10,12,15H,8-9,11H2,(H,23,27)(H,25,26). The number of carbonyl (C=O) groups is 2. The number of benzene rings is 2. The summed E-state index contributed by atoms with van der Waals surface area (Å²) in [4.78, 5) is 29.2. The van der Waals surface area contributed by atoms with Crippen molar-refractivity contribution in [3.05, 3.63) is 71.0 Å². The second-order valence-corrected chi connectivity index (χ2v) is 7.53. The lowest BCUT2D eigenvalue weighted by Crippen LogP contribution is -2.27. The predicted molar refractivity (Wildman–Crippen MR) is 107 cm³/mol. The number of carbonyl (C=O) groups excluding carboxylic acids is 2. The van der Waals surface area contributed by atoms with Crippen molar-refractivity contribution in [2.24, 2.45) is 0 Å². The van der Waals surface area contributed by atoms with Crippen molar-refractivity contribution in [3.8, 4) is 10.6 Å². The highest BCUT2D eigenvalue weighted by Crippen LogP contribution is 2.25. The van der Waals surface area contributed by atoms with E-state index in [-0.39, 0.29) is 30.1 Å². The van der Waals surface area contributed by atoms with Crippen LogP contribution in [0.4, 0.5) is 10.1 Å². The number of nitrogens with zero attached hydrogens (tertiary/aromatic N) is 1. The first-order chi connectivity index (χ1) is 13.6. The molecule has 2 N–H and O–H groups in total. The molecule has 0 aliphatic heterocycles. The van der Waals surface area contributed by atoms with E-state index in [0.29, 0.717) is 27.5 Å². The van der Waals surface area contributed by atoms with Crippen LogP contribution in [-0.2, 0) is 11.2 Å². The lowest BCUT2D eigenvalue weighted by Gasteiger charge is -2.10. The molecule has 0 atom stereocenters. The molecule has 1 saturated carbocycles. The van der Waals surface area contributed by atoms with E-state index in [4.69, 9.17) is 0 Å². The summed E-state index contributed by atoms with van der Waals surface area (Å²) in [5.41, 5.74) is 2.20. The van der Waals surface area contributed by atoms with Gasteiger partial charge in [-0.2, -0.15) is 0 Å². The number of amides is 2. The second kappa shape index (κ2) is 7.90. The maximum Gasteiger partial charge on any atom is 0.253 e. The highest BCUT2D eigenvalue weighted by molar-refractivity contribution is 7.13. The number of hydrogen-bond donors (Lipinski definition) is 2. The smallest absolute Gasteiger partial charge is 0.253 e. The van der Waals surface area contributed by atoms with E-state index in [0.717, 1.165) is 12.8 Å². The van der Waals surface area contributed by atoms with Gasteiger partial charge < -0.3 is 10.6 Å². The van der Waals surface area contributed by atoms with Gasteiger partial charge in [0.15, 0.2) is 0 Å². The summed E-state index contributed by atoms with van der Waals surface area (Å²) in [6.07, 6.45) is 2.07. The van der Waals surface area contributed by atoms with Crippen molar-refractivity contribution in [1.82, 2.24) is 10.3 Å². The van der Waals surface area contributed by atoms with E-state index in [1.165, 1.54) is 23.5 Å². The summed E-state index contributed by atoms with van der Waals surface area (Å²) in [6.45, 7) is 0. The Labute approximate surface area is 165 Å². The molecule has 1 fully saturated rings. The fraction of sp³-hybridized carbons (Fsp3) is 0.190. The molecule has 4 rings (SSSR count). The number of nitrogens with one attached hydrogen (secondary N) is 2. The molecule has 1 aromatic heterocycles. The lowest BCUT2D eigenvalue weighted by atomic mass is 10.1. The van der Waals surface area contributed by atoms with Gasteiger partial charge in [0.1, 0.15) is 10.8 Å². The van der Waals surface area contributed by atoms with Gasteiger partial charge in [0.2, 0.25) is 5.91 Å². The zero-order valence-corrected chi connectivity index (χ0v) is 15.8. The van der Waals surface area contributed by atoms with Gasteiger partial charge in [-0.15, -0.1) is 11.3 Å². The number of aromatic nitrogens is 1. The molecule has 5 nitrogen and oxygen atoms in total. The first kappa shape index (κ1) is 18.3. The van der Waals surface area contributed by atoms with E-state index in [1.54, 1.807) is 41.8 Å². The van der Waals surface area contributed by atoms with Crippen LogP contribution in [0.2, 0.25) is 0 Å². The lowest BCUT2D eigenvalue weighted by molar-refractivity contribution is -0.115. The minimum atomic E-state index is -0.326. The highest BCUT2D eigenvalue weighted by atomic mass is 32.1. The molecule has 28 heavy (non-hydrogen) atoms. The van der Waals surface area contributed by atoms with Gasteiger partial charge in [-0.05, 0) is 37.1 Å². The first-order valence-electron chi connectivity index (χ1n) is 8.98. The molecule has 3 aromatic rings. The molecule has 1 aliphatic rings. The SMILES string of the molecule is O=C(Cc1csc(-c2cccc(F)c2)n1)Nc1ccccc1C(=O)NC1CC1. The number of hydrogen-bond acceptors (Lipinski definition) is 4. The van der Waals surface area contributed by atoms with Crippen LogP contribution in [0.15, 0.2) is 53.9 Å². The average molecular weight is 395 g/mol. The first-order valence-corrected chi connectivity index (χ1v) is 9.86. The van der Waals surface area contributed by atoms with Crippen LogP contribution in [0, 0.1) is 5.82 Å². The third-order valence-corrected chi connectivity index (χ3v) is 5.26. The van der Waals surface area contributed by atoms with E-state index >= 15 is 0 Å². The van der Waals surface area contributed by atoms with E-state index in [2.05, 4.69) is 15.6 Å². The third-order valence-electron chi connectivity index (χ3n) is 4.32. The Hall–Kier alpha value is -3.06. The van der Waals surface area contributed by atoms with E-state index in [1.807, 2.05) is 0 Å². The molecular formula is C21H18FN3O2S. The van der Waals surface area contributed by atoms with Gasteiger partial charge in [0, 0.05) is 17.0 Å². The Balaban J connectivity index is 1.43. The number of halogens is 1. The average Bonchev–Trinajstić information content (AvgIpc) is 3.37. The summed E-state index contributed by atoms with van der Waals surface area (Å²) >= 11 is 1.36. The Morgan fingerprint density at radius 1 is 1.14 bits per heavy atom. The maximum absolute atomic E-state index is 13.4. The number of rotatable bonds is 6.